The zero-order chi connectivity index (χ0) is 22.9. The topological polar surface area (TPSA) is 52.9 Å². The van der Waals surface area contributed by atoms with Crippen molar-refractivity contribution >= 4 is 23.4 Å². The molecule has 3 rings (SSSR count). The maximum Gasteiger partial charge on any atom is 0.490 e. The fourth-order valence-electron chi connectivity index (χ4n) is 3.16. The van der Waals surface area contributed by atoms with Gasteiger partial charge in [0, 0.05) is 28.3 Å². The molecule has 0 saturated heterocycles. The second kappa shape index (κ2) is 11.9. The Morgan fingerprint density at radius 1 is 1.06 bits per heavy atom. The first-order chi connectivity index (χ1) is 14.8. The molecule has 0 unspecified atom stereocenters. The van der Waals surface area contributed by atoms with Crippen LogP contribution in [-0.2, 0) is 10.5 Å². The standard InChI is InChI=1S/C21H26N2S.C2HF3O2/c1-3-23(4-2)15-9-14-22-21-18-11-6-5-10-17(18)16-24-20-13-8-7-12-19(20)21;3-2(4,5)1(6)7/h5-8,10-13H,3-4,9,14-16H2,1-2H3;(H,6,7). The van der Waals surface area contributed by atoms with Gasteiger partial charge in [0.2, 0.25) is 0 Å². The molecule has 168 valence electrons. The molecule has 0 aliphatic carbocycles. The van der Waals surface area contributed by atoms with E-state index in [1.165, 1.54) is 27.3 Å². The van der Waals surface area contributed by atoms with Gasteiger partial charge in [0.15, 0.2) is 0 Å². The van der Waals surface area contributed by atoms with Crippen LogP contribution in [0.1, 0.15) is 37.0 Å². The summed E-state index contributed by atoms with van der Waals surface area (Å²) < 4.78 is 31.7. The number of nitrogens with zero attached hydrogens (tertiary/aromatic N) is 2. The minimum Gasteiger partial charge on any atom is -0.475 e. The highest BCUT2D eigenvalue weighted by Crippen LogP contribution is 2.33. The average molecular weight is 453 g/mol. The number of benzene rings is 2. The number of alkyl halides is 3. The summed E-state index contributed by atoms with van der Waals surface area (Å²) in [5, 5.41) is 7.12. The van der Waals surface area contributed by atoms with E-state index in [-0.39, 0.29) is 0 Å². The smallest absolute Gasteiger partial charge is 0.475 e. The third-order valence-corrected chi connectivity index (χ3v) is 5.96. The van der Waals surface area contributed by atoms with Crippen LogP contribution in [0.2, 0.25) is 0 Å². The molecule has 0 bridgehead atoms. The summed E-state index contributed by atoms with van der Waals surface area (Å²) in [7, 11) is 0. The fraction of sp³-hybridized carbons (Fsp3) is 0.391. The Labute approximate surface area is 185 Å². The number of carboxylic acids is 1. The maximum atomic E-state index is 10.6. The molecule has 1 aliphatic rings. The predicted octanol–water partition coefficient (Wildman–Crippen LogP) is 5.49. The highest BCUT2D eigenvalue weighted by molar-refractivity contribution is 7.98. The summed E-state index contributed by atoms with van der Waals surface area (Å²) in [6.45, 7) is 8.71. The van der Waals surface area contributed by atoms with Crippen LogP contribution in [0, 0.1) is 0 Å². The Kier molecular flexibility index (Phi) is 9.58. The number of fused-ring (bicyclic) bond motifs is 2. The summed E-state index contributed by atoms with van der Waals surface area (Å²) >= 11 is 1.92. The van der Waals surface area contributed by atoms with Crippen LogP contribution in [0.25, 0.3) is 0 Å². The number of rotatable bonds is 6. The van der Waals surface area contributed by atoms with Gasteiger partial charge < -0.3 is 10.0 Å². The van der Waals surface area contributed by atoms with Crippen LogP contribution in [0.4, 0.5) is 13.2 Å². The van der Waals surface area contributed by atoms with Crippen molar-refractivity contribution in [3.63, 3.8) is 0 Å². The first-order valence-electron chi connectivity index (χ1n) is 10.1. The zero-order valence-electron chi connectivity index (χ0n) is 17.7. The lowest BCUT2D eigenvalue weighted by Crippen LogP contribution is -2.24. The van der Waals surface area contributed by atoms with Gasteiger partial charge in [0.1, 0.15) is 0 Å². The molecule has 1 N–H and O–H groups in total. The number of halogens is 3. The first-order valence-corrected chi connectivity index (χ1v) is 11.1. The van der Waals surface area contributed by atoms with Crippen molar-refractivity contribution in [3.8, 4) is 0 Å². The van der Waals surface area contributed by atoms with Crippen molar-refractivity contribution in [3.05, 3.63) is 65.2 Å². The average Bonchev–Trinajstić information content (AvgIpc) is 2.91. The van der Waals surface area contributed by atoms with Gasteiger partial charge in [0.05, 0.1) is 5.71 Å². The highest BCUT2D eigenvalue weighted by Gasteiger charge is 2.38. The van der Waals surface area contributed by atoms with Gasteiger partial charge in [-0.1, -0.05) is 56.3 Å². The van der Waals surface area contributed by atoms with Crippen LogP contribution < -0.4 is 0 Å². The number of hydrogen-bond acceptors (Lipinski definition) is 4. The lowest BCUT2D eigenvalue weighted by Gasteiger charge is -2.17. The SMILES string of the molecule is CCN(CC)CCCN=C1c2ccccc2CSc2ccccc21.O=C(O)C(F)(F)F. The van der Waals surface area contributed by atoms with Crippen molar-refractivity contribution in [2.24, 2.45) is 4.99 Å². The molecule has 0 saturated carbocycles. The summed E-state index contributed by atoms with van der Waals surface area (Å²) in [6, 6.07) is 17.4. The van der Waals surface area contributed by atoms with Crippen molar-refractivity contribution in [1.29, 1.82) is 0 Å². The van der Waals surface area contributed by atoms with E-state index >= 15 is 0 Å². The number of hydrogen-bond donors (Lipinski definition) is 1. The molecule has 1 aliphatic heterocycles. The third-order valence-electron chi connectivity index (χ3n) is 4.84. The molecule has 0 atom stereocenters. The minimum absolute atomic E-state index is 0.888. The van der Waals surface area contributed by atoms with Gasteiger partial charge in [0.25, 0.3) is 0 Å². The number of thioether (sulfide) groups is 1. The van der Waals surface area contributed by atoms with E-state index in [0.717, 1.165) is 38.4 Å². The molecular formula is C23H27F3N2O2S. The highest BCUT2D eigenvalue weighted by atomic mass is 32.2. The summed E-state index contributed by atoms with van der Waals surface area (Å²) in [5.74, 6) is -1.74. The molecular weight excluding hydrogens is 425 g/mol. The molecule has 2 aromatic carbocycles. The van der Waals surface area contributed by atoms with E-state index in [2.05, 4.69) is 67.3 Å². The first kappa shape index (κ1) is 24.9. The number of aliphatic imine (C=N–C) groups is 1. The monoisotopic (exact) mass is 452 g/mol. The Bertz CT molecular complexity index is 847. The van der Waals surface area contributed by atoms with Gasteiger partial charge in [-0.2, -0.15) is 13.2 Å². The zero-order valence-corrected chi connectivity index (χ0v) is 18.5. The Morgan fingerprint density at radius 2 is 1.65 bits per heavy atom. The van der Waals surface area contributed by atoms with E-state index in [1.807, 2.05) is 11.8 Å². The molecule has 31 heavy (non-hydrogen) atoms. The van der Waals surface area contributed by atoms with Gasteiger partial charge in [-0.25, -0.2) is 4.79 Å². The Balaban J connectivity index is 0.000000423. The van der Waals surface area contributed by atoms with E-state index in [4.69, 9.17) is 14.9 Å². The largest absolute Gasteiger partial charge is 0.490 e. The Morgan fingerprint density at radius 3 is 2.26 bits per heavy atom. The summed E-state index contributed by atoms with van der Waals surface area (Å²) in [5.41, 5.74) is 5.15. The molecule has 0 radical (unpaired) electrons. The quantitative estimate of drug-likeness (QED) is 0.589. The number of carboxylic acid groups (broad SMARTS) is 1. The molecule has 1 heterocycles. The fourth-order valence-corrected chi connectivity index (χ4v) is 4.22. The number of carbonyl (C=O) groups is 1. The van der Waals surface area contributed by atoms with Crippen molar-refractivity contribution in [2.75, 3.05) is 26.2 Å². The van der Waals surface area contributed by atoms with Crippen molar-refractivity contribution in [2.45, 2.75) is 37.1 Å². The normalized spacial score (nSPS) is 14.3. The van der Waals surface area contributed by atoms with Crippen molar-refractivity contribution in [1.82, 2.24) is 4.90 Å². The van der Waals surface area contributed by atoms with E-state index < -0.39 is 12.1 Å². The van der Waals surface area contributed by atoms with Gasteiger partial charge in [-0.15, -0.1) is 11.8 Å². The van der Waals surface area contributed by atoms with Crippen LogP contribution in [-0.4, -0.2) is 54.0 Å². The summed E-state index contributed by atoms with van der Waals surface area (Å²) in [6.07, 6.45) is -3.97. The van der Waals surface area contributed by atoms with Crippen LogP contribution in [0.5, 0.6) is 0 Å². The van der Waals surface area contributed by atoms with E-state index in [0.29, 0.717) is 0 Å². The van der Waals surface area contributed by atoms with Crippen molar-refractivity contribution < 1.29 is 23.1 Å². The molecule has 0 amide bonds. The molecule has 0 spiro atoms. The molecule has 8 heteroatoms. The van der Waals surface area contributed by atoms with Gasteiger partial charge in [-0.05, 0) is 37.7 Å². The number of aliphatic carboxylic acids is 1. The van der Waals surface area contributed by atoms with Crippen LogP contribution in [0.15, 0.2) is 58.4 Å². The van der Waals surface area contributed by atoms with Crippen LogP contribution in [0.3, 0.4) is 0 Å². The second-order valence-electron chi connectivity index (χ2n) is 6.86. The third kappa shape index (κ3) is 7.40. The molecule has 0 aromatic heterocycles. The van der Waals surface area contributed by atoms with E-state index in [1.54, 1.807) is 0 Å². The lowest BCUT2D eigenvalue weighted by atomic mass is 9.98. The molecule has 0 fully saturated rings. The van der Waals surface area contributed by atoms with E-state index in [9.17, 15) is 13.2 Å². The maximum absolute atomic E-state index is 10.6. The summed E-state index contributed by atoms with van der Waals surface area (Å²) in [4.78, 5) is 17.7. The minimum atomic E-state index is -5.08. The predicted molar refractivity (Wildman–Crippen MR) is 119 cm³/mol. The molecule has 4 nitrogen and oxygen atoms in total. The van der Waals surface area contributed by atoms with Gasteiger partial charge in [-0.3, -0.25) is 4.99 Å². The lowest BCUT2D eigenvalue weighted by molar-refractivity contribution is -0.192. The van der Waals surface area contributed by atoms with Gasteiger partial charge >= 0.3 is 12.1 Å². The second-order valence-corrected chi connectivity index (χ2v) is 7.87. The van der Waals surface area contributed by atoms with Crippen LogP contribution >= 0.6 is 11.8 Å². The molecule has 2 aromatic rings. The Hall–Kier alpha value is -2.32.